The van der Waals surface area contributed by atoms with Crippen LogP contribution >= 0.6 is 0 Å². The van der Waals surface area contributed by atoms with E-state index >= 15 is 0 Å². The molecular weight excluding hydrogens is 298 g/mol. The van der Waals surface area contributed by atoms with Gasteiger partial charge < -0.3 is 19.7 Å². The molecule has 0 spiro atoms. The van der Waals surface area contributed by atoms with Crippen LogP contribution in [-0.4, -0.2) is 15.3 Å². The van der Waals surface area contributed by atoms with Gasteiger partial charge in [-0.15, -0.1) is 0 Å². The van der Waals surface area contributed by atoms with Crippen LogP contribution in [0.4, 0.5) is 8.78 Å². The Morgan fingerprint density at radius 3 is 2.27 bits per heavy atom. The van der Waals surface area contributed by atoms with Crippen molar-refractivity contribution in [2.45, 2.75) is 0 Å². The van der Waals surface area contributed by atoms with Crippen LogP contribution in [-0.2, 0) is 0 Å². The topological polar surface area (TPSA) is 90.9 Å². The fourth-order valence-corrected chi connectivity index (χ4v) is 2.04. The van der Waals surface area contributed by atoms with Crippen LogP contribution in [0, 0.1) is 11.6 Å². The third-order valence-electron chi connectivity index (χ3n) is 3.15. The summed E-state index contributed by atoms with van der Waals surface area (Å²) in [6.07, 6.45) is 0. The van der Waals surface area contributed by atoms with Gasteiger partial charge in [-0.3, -0.25) is 4.79 Å². The van der Waals surface area contributed by atoms with Gasteiger partial charge in [0.15, 0.2) is 28.9 Å². The molecule has 0 atom stereocenters. The van der Waals surface area contributed by atoms with Crippen molar-refractivity contribution >= 4 is 11.0 Å². The highest BCUT2D eigenvalue weighted by Crippen LogP contribution is 2.34. The van der Waals surface area contributed by atoms with Crippen LogP contribution < -0.4 is 5.43 Å². The molecule has 0 aliphatic heterocycles. The second-order valence-electron chi connectivity index (χ2n) is 4.57. The van der Waals surface area contributed by atoms with E-state index in [-0.39, 0.29) is 22.3 Å². The average Bonchev–Trinajstić information content (AvgIpc) is 2.48. The molecular formula is C15H8F2O5. The molecule has 0 saturated heterocycles. The van der Waals surface area contributed by atoms with E-state index in [0.29, 0.717) is 0 Å². The molecule has 0 fully saturated rings. The molecule has 0 bridgehead atoms. The van der Waals surface area contributed by atoms with Gasteiger partial charge in [0.2, 0.25) is 11.2 Å². The standard InChI is InChI=1S/C15H8F2O5/c16-8-2-1-6(3-9(8)17)15-14(21)13(20)7-4-10(18)11(19)5-12(7)22-15/h1-5,18-19,21H. The lowest BCUT2D eigenvalue weighted by atomic mass is 10.1. The maximum atomic E-state index is 13.3. The van der Waals surface area contributed by atoms with E-state index in [1.807, 2.05) is 0 Å². The van der Waals surface area contributed by atoms with Gasteiger partial charge in [0.25, 0.3) is 0 Å². The number of rotatable bonds is 1. The number of benzene rings is 2. The minimum absolute atomic E-state index is 0.0528. The lowest BCUT2D eigenvalue weighted by Gasteiger charge is -2.07. The van der Waals surface area contributed by atoms with Crippen molar-refractivity contribution in [3.8, 4) is 28.6 Å². The molecule has 22 heavy (non-hydrogen) atoms. The van der Waals surface area contributed by atoms with Gasteiger partial charge in [-0.25, -0.2) is 8.78 Å². The summed E-state index contributed by atoms with van der Waals surface area (Å²) in [7, 11) is 0. The first-order chi connectivity index (χ1) is 10.4. The SMILES string of the molecule is O=c1c(O)c(-c2ccc(F)c(F)c2)oc2cc(O)c(O)cc12. The molecule has 0 radical (unpaired) electrons. The largest absolute Gasteiger partial charge is 0.504 e. The van der Waals surface area contributed by atoms with Crippen molar-refractivity contribution in [3.63, 3.8) is 0 Å². The number of halogens is 2. The predicted molar refractivity (Wildman–Crippen MR) is 72.8 cm³/mol. The number of phenols is 2. The van der Waals surface area contributed by atoms with E-state index in [1.54, 1.807) is 0 Å². The Morgan fingerprint density at radius 1 is 0.909 bits per heavy atom. The summed E-state index contributed by atoms with van der Waals surface area (Å²) in [5, 5.41) is 28.6. The summed E-state index contributed by atoms with van der Waals surface area (Å²) in [6, 6.07) is 4.63. The highest BCUT2D eigenvalue weighted by atomic mass is 19.2. The molecule has 2 aromatic carbocycles. The fraction of sp³-hybridized carbons (Fsp3) is 0. The fourth-order valence-electron chi connectivity index (χ4n) is 2.04. The van der Waals surface area contributed by atoms with Crippen LogP contribution in [0.25, 0.3) is 22.3 Å². The first-order valence-corrected chi connectivity index (χ1v) is 6.05. The lowest BCUT2D eigenvalue weighted by Crippen LogP contribution is -2.02. The first kappa shape index (κ1) is 13.9. The minimum atomic E-state index is -1.17. The molecule has 0 aliphatic carbocycles. The molecule has 0 saturated carbocycles. The second kappa shape index (κ2) is 4.73. The summed E-state index contributed by atoms with van der Waals surface area (Å²) >= 11 is 0. The van der Waals surface area contributed by atoms with E-state index in [0.717, 1.165) is 30.3 Å². The second-order valence-corrected chi connectivity index (χ2v) is 4.57. The maximum Gasteiger partial charge on any atom is 0.235 e. The molecule has 3 aromatic rings. The van der Waals surface area contributed by atoms with Crippen molar-refractivity contribution in [2.24, 2.45) is 0 Å². The number of phenolic OH excluding ortho intramolecular Hbond substituents is 2. The van der Waals surface area contributed by atoms with Gasteiger partial charge in [-0.1, -0.05) is 0 Å². The van der Waals surface area contributed by atoms with Crippen molar-refractivity contribution in [2.75, 3.05) is 0 Å². The quantitative estimate of drug-likeness (QED) is 0.601. The molecule has 112 valence electrons. The molecule has 0 aliphatic rings. The van der Waals surface area contributed by atoms with Crippen LogP contribution in [0.15, 0.2) is 39.5 Å². The number of hydrogen-bond acceptors (Lipinski definition) is 5. The zero-order chi connectivity index (χ0) is 16.0. The summed E-state index contributed by atoms with van der Waals surface area (Å²) in [6.45, 7) is 0. The van der Waals surface area contributed by atoms with E-state index in [2.05, 4.69) is 0 Å². The summed E-state index contributed by atoms with van der Waals surface area (Å²) < 4.78 is 31.5. The molecule has 0 amide bonds. The molecule has 3 N–H and O–H groups in total. The van der Waals surface area contributed by atoms with Gasteiger partial charge in [0.1, 0.15) is 5.58 Å². The Labute approximate surface area is 121 Å². The van der Waals surface area contributed by atoms with E-state index in [9.17, 15) is 28.9 Å². The highest BCUT2D eigenvalue weighted by Gasteiger charge is 2.18. The molecule has 1 aromatic heterocycles. The normalized spacial score (nSPS) is 11.0. The summed E-state index contributed by atoms with van der Waals surface area (Å²) in [4.78, 5) is 12.1. The monoisotopic (exact) mass is 306 g/mol. The molecule has 5 nitrogen and oxygen atoms in total. The maximum absolute atomic E-state index is 13.3. The zero-order valence-electron chi connectivity index (χ0n) is 10.8. The van der Waals surface area contributed by atoms with Crippen molar-refractivity contribution < 1.29 is 28.5 Å². The Kier molecular flexibility index (Phi) is 2.98. The van der Waals surface area contributed by atoms with Crippen LogP contribution in [0.1, 0.15) is 0 Å². The number of hydrogen-bond donors (Lipinski definition) is 3. The number of fused-ring (bicyclic) bond motifs is 1. The molecule has 3 rings (SSSR count). The third-order valence-corrected chi connectivity index (χ3v) is 3.15. The Hall–Kier alpha value is -3.09. The zero-order valence-corrected chi connectivity index (χ0v) is 10.8. The minimum Gasteiger partial charge on any atom is -0.504 e. The summed E-state index contributed by atoms with van der Waals surface area (Å²) in [5.41, 5.74) is -1.06. The van der Waals surface area contributed by atoms with Gasteiger partial charge in [0, 0.05) is 11.6 Å². The third kappa shape index (κ3) is 2.03. The lowest BCUT2D eigenvalue weighted by molar-refractivity contribution is 0.403. The smallest absolute Gasteiger partial charge is 0.235 e. The average molecular weight is 306 g/mol. The van der Waals surface area contributed by atoms with Crippen molar-refractivity contribution in [3.05, 3.63) is 52.2 Å². The summed E-state index contributed by atoms with van der Waals surface area (Å²) in [5.74, 6) is -4.54. The van der Waals surface area contributed by atoms with Crippen LogP contribution in [0.3, 0.4) is 0 Å². The Balaban J connectivity index is 2.35. The predicted octanol–water partition coefficient (Wildman–Crippen LogP) is 2.86. The first-order valence-electron chi connectivity index (χ1n) is 6.05. The molecule has 1 heterocycles. The van der Waals surface area contributed by atoms with E-state index in [4.69, 9.17) is 4.42 Å². The van der Waals surface area contributed by atoms with Gasteiger partial charge >= 0.3 is 0 Å². The van der Waals surface area contributed by atoms with Crippen LogP contribution in [0.2, 0.25) is 0 Å². The van der Waals surface area contributed by atoms with Crippen molar-refractivity contribution in [1.82, 2.24) is 0 Å². The van der Waals surface area contributed by atoms with Crippen molar-refractivity contribution in [1.29, 1.82) is 0 Å². The Bertz CT molecular complexity index is 962. The molecule has 0 unspecified atom stereocenters. The highest BCUT2D eigenvalue weighted by molar-refractivity contribution is 5.84. The van der Waals surface area contributed by atoms with E-state index in [1.165, 1.54) is 0 Å². The van der Waals surface area contributed by atoms with E-state index < -0.39 is 34.3 Å². The van der Waals surface area contributed by atoms with Gasteiger partial charge in [-0.2, -0.15) is 0 Å². The van der Waals surface area contributed by atoms with Gasteiger partial charge in [-0.05, 0) is 24.3 Å². The van der Waals surface area contributed by atoms with Gasteiger partial charge in [0.05, 0.1) is 5.39 Å². The Morgan fingerprint density at radius 2 is 1.59 bits per heavy atom. The number of aromatic hydroxyl groups is 3. The van der Waals surface area contributed by atoms with Crippen LogP contribution in [0.5, 0.6) is 17.2 Å². The molecule has 7 heteroatoms.